The first-order valence-corrected chi connectivity index (χ1v) is 5.99. The first-order valence-electron chi connectivity index (χ1n) is 4.92. The minimum absolute atomic E-state index is 0.0593. The number of hydrogen-bond donors (Lipinski definition) is 2. The van der Waals surface area contributed by atoms with E-state index in [0.29, 0.717) is 0 Å². The third-order valence-corrected chi connectivity index (χ3v) is 3.05. The molecule has 0 saturated carbocycles. The molecule has 2 aromatic rings. The van der Waals surface area contributed by atoms with E-state index in [9.17, 15) is 0 Å². The molecule has 2 rings (SSSR count). The first-order chi connectivity index (χ1) is 7.70. The van der Waals surface area contributed by atoms with E-state index in [2.05, 4.69) is 45.2 Å². The Morgan fingerprint density at radius 1 is 1.44 bits per heavy atom. The fourth-order valence-electron chi connectivity index (χ4n) is 1.63. The molecular formula is C11H13IN4. The highest BCUT2D eigenvalue weighted by molar-refractivity contribution is 14.1. The standard InChI is InChI=1S/C11H13IN4/c1-16-6-5-10(15-16)11(14-13)8-3-2-4-9(12)7-8/h2-7,11,14H,13H2,1H3. The molecule has 0 bridgehead atoms. The number of hydrazine groups is 1. The molecule has 1 atom stereocenters. The number of aromatic nitrogens is 2. The molecular weight excluding hydrogens is 315 g/mol. The van der Waals surface area contributed by atoms with E-state index in [1.54, 1.807) is 4.68 Å². The van der Waals surface area contributed by atoms with E-state index >= 15 is 0 Å². The van der Waals surface area contributed by atoms with Crippen molar-refractivity contribution >= 4 is 22.6 Å². The summed E-state index contributed by atoms with van der Waals surface area (Å²) >= 11 is 2.29. The number of nitrogens with zero attached hydrogens (tertiary/aromatic N) is 2. The van der Waals surface area contributed by atoms with Crippen LogP contribution in [0, 0.1) is 3.57 Å². The molecule has 1 heterocycles. The molecule has 1 unspecified atom stereocenters. The second-order valence-corrected chi connectivity index (χ2v) is 4.81. The van der Waals surface area contributed by atoms with Gasteiger partial charge in [-0.25, -0.2) is 5.43 Å². The maximum Gasteiger partial charge on any atom is 0.0900 e. The molecule has 0 fully saturated rings. The topological polar surface area (TPSA) is 55.9 Å². The van der Waals surface area contributed by atoms with Gasteiger partial charge in [0.15, 0.2) is 0 Å². The van der Waals surface area contributed by atoms with Crippen molar-refractivity contribution in [3.8, 4) is 0 Å². The molecule has 3 N–H and O–H groups in total. The maximum atomic E-state index is 5.59. The zero-order chi connectivity index (χ0) is 11.5. The molecule has 84 valence electrons. The number of halogens is 1. The number of nitrogens with one attached hydrogen (secondary N) is 1. The van der Waals surface area contributed by atoms with Crippen LogP contribution in [0.3, 0.4) is 0 Å². The molecule has 4 nitrogen and oxygen atoms in total. The summed E-state index contributed by atoms with van der Waals surface area (Å²) in [7, 11) is 1.89. The summed E-state index contributed by atoms with van der Waals surface area (Å²) < 4.78 is 2.96. The van der Waals surface area contributed by atoms with Crippen LogP contribution in [0.15, 0.2) is 36.5 Å². The fourth-order valence-corrected chi connectivity index (χ4v) is 2.19. The lowest BCUT2D eigenvalue weighted by Crippen LogP contribution is -2.29. The summed E-state index contributed by atoms with van der Waals surface area (Å²) in [6.45, 7) is 0. The highest BCUT2D eigenvalue weighted by atomic mass is 127. The Bertz CT molecular complexity index is 480. The zero-order valence-corrected chi connectivity index (χ0v) is 11.0. The quantitative estimate of drug-likeness (QED) is 0.511. The van der Waals surface area contributed by atoms with Crippen LogP contribution in [-0.2, 0) is 7.05 Å². The van der Waals surface area contributed by atoms with Gasteiger partial charge >= 0.3 is 0 Å². The molecule has 0 aliphatic heterocycles. The van der Waals surface area contributed by atoms with Gasteiger partial charge in [-0.2, -0.15) is 5.10 Å². The Kier molecular flexibility index (Phi) is 3.57. The van der Waals surface area contributed by atoms with Gasteiger partial charge in [0, 0.05) is 16.8 Å². The van der Waals surface area contributed by atoms with E-state index in [0.717, 1.165) is 11.3 Å². The largest absolute Gasteiger partial charge is 0.275 e. The lowest BCUT2D eigenvalue weighted by atomic mass is 10.1. The molecule has 0 aliphatic rings. The third kappa shape index (κ3) is 2.42. The molecule has 5 heteroatoms. The molecule has 0 radical (unpaired) electrons. The summed E-state index contributed by atoms with van der Waals surface area (Å²) in [4.78, 5) is 0. The van der Waals surface area contributed by atoms with Gasteiger partial charge in [-0.05, 0) is 46.4 Å². The van der Waals surface area contributed by atoms with Crippen molar-refractivity contribution in [1.29, 1.82) is 0 Å². The van der Waals surface area contributed by atoms with Crippen molar-refractivity contribution in [3.05, 3.63) is 51.4 Å². The average molecular weight is 328 g/mol. The van der Waals surface area contributed by atoms with Crippen LogP contribution in [0.5, 0.6) is 0 Å². The van der Waals surface area contributed by atoms with E-state index in [-0.39, 0.29) is 6.04 Å². The van der Waals surface area contributed by atoms with E-state index < -0.39 is 0 Å². The van der Waals surface area contributed by atoms with E-state index in [1.807, 2.05) is 31.4 Å². The van der Waals surface area contributed by atoms with Crippen molar-refractivity contribution in [2.24, 2.45) is 12.9 Å². The van der Waals surface area contributed by atoms with Gasteiger partial charge in [-0.15, -0.1) is 0 Å². The summed E-state index contributed by atoms with van der Waals surface area (Å²) in [5.41, 5.74) is 4.84. The van der Waals surface area contributed by atoms with Crippen LogP contribution in [0.4, 0.5) is 0 Å². The molecule has 1 aromatic carbocycles. The van der Waals surface area contributed by atoms with Crippen LogP contribution in [-0.4, -0.2) is 9.78 Å². The van der Waals surface area contributed by atoms with Crippen LogP contribution >= 0.6 is 22.6 Å². The molecule has 16 heavy (non-hydrogen) atoms. The molecule has 0 amide bonds. The van der Waals surface area contributed by atoms with Crippen LogP contribution in [0.25, 0.3) is 0 Å². The Morgan fingerprint density at radius 3 is 2.81 bits per heavy atom. The SMILES string of the molecule is Cn1ccc(C(NN)c2cccc(I)c2)n1. The van der Waals surface area contributed by atoms with Crippen molar-refractivity contribution < 1.29 is 0 Å². The number of aryl methyl sites for hydroxylation is 1. The van der Waals surface area contributed by atoms with Gasteiger partial charge in [0.1, 0.15) is 0 Å². The molecule has 1 aromatic heterocycles. The summed E-state index contributed by atoms with van der Waals surface area (Å²) in [6, 6.07) is 10.1. The Balaban J connectivity index is 2.36. The fraction of sp³-hybridized carbons (Fsp3) is 0.182. The van der Waals surface area contributed by atoms with Gasteiger partial charge in [0.2, 0.25) is 0 Å². The number of hydrogen-bond acceptors (Lipinski definition) is 3. The third-order valence-electron chi connectivity index (χ3n) is 2.38. The molecule has 0 aliphatic carbocycles. The van der Waals surface area contributed by atoms with E-state index in [1.165, 1.54) is 3.57 Å². The second-order valence-electron chi connectivity index (χ2n) is 3.57. The minimum atomic E-state index is -0.0593. The van der Waals surface area contributed by atoms with Gasteiger partial charge < -0.3 is 0 Å². The highest BCUT2D eigenvalue weighted by Crippen LogP contribution is 2.21. The predicted molar refractivity (Wildman–Crippen MR) is 71.5 cm³/mol. The van der Waals surface area contributed by atoms with Crippen LogP contribution < -0.4 is 11.3 Å². The second kappa shape index (κ2) is 4.94. The van der Waals surface area contributed by atoms with Crippen molar-refractivity contribution in [3.63, 3.8) is 0 Å². The lowest BCUT2D eigenvalue weighted by Gasteiger charge is -2.14. The van der Waals surface area contributed by atoms with Gasteiger partial charge in [0.25, 0.3) is 0 Å². The Hall–Kier alpha value is -0.920. The van der Waals surface area contributed by atoms with Crippen molar-refractivity contribution in [2.45, 2.75) is 6.04 Å². The number of rotatable bonds is 3. The lowest BCUT2D eigenvalue weighted by molar-refractivity contribution is 0.603. The summed E-state index contributed by atoms with van der Waals surface area (Å²) in [6.07, 6.45) is 1.91. The molecule has 0 spiro atoms. The van der Waals surface area contributed by atoms with E-state index in [4.69, 9.17) is 5.84 Å². The summed E-state index contributed by atoms with van der Waals surface area (Å²) in [5.74, 6) is 5.59. The van der Waals surface area contributed by atoms with Crippen LogP contribution in [0.2, 0.25) is 0 Å². The predicted octanol–water partition coefficient (Wildman–Crippen LogP) is 1.58. The smallest absolute Gasteiger partial charge is 0.0900 e. The average Bonchev–Trinajstić information content (AvgIpc) is 2.66. The van der Waals surface area contributed by atoms with Crippen molar-refractivity contribution in [2.75, 3.05) is 0 Å². The normalized spacial score (nSPS) is 12.7. The van der Waals surface area contributed by atoms with Gasteiger partial charge in [-0.3, -0.25) is 10.5 Å². The Labute approximate surface area is 108 Å². The Morgan fingerprint density at radius 2 is 2.25 bits per heavy atom. The molecule has 0 saturated heterocycles. The first kappa shape index (κ1) is 11.6. The summed E-state index contributed by atoms with van der Waals surface area (Å²) in [5, 5.41) is 4.36. The maximum absolute atomic E-state index is 5.59. The zero-order valence-electron chi connectivity index (χ0n) is 8.89. The van der Waals surface area contributed by atoms with Crippen LogP contribution in [0.1, 0.15) is 17.3 Å². The van der Waals surface area contributed by atoms with Gasteiger partial charge in [0.05, 0.1) is 11.7 Å². The highest BCUT2D eigenvalue weighted by Gasteiger charge is 2.14. The number of benzene rings is 1. The number of nitrogens with two attached hydrogens (primary N) is 1. The van der Waals surface area contributed by atoms with Crippen molar-refractivity contribution in [1.82, 2.24) is 15.2 Å². The minimum Gasteiger partial charge on any atom is -0.275 e. The van der Waals surface area contributed by atoms with Gasteiger partial charge in [-0.1, -0.05) is 12.1 Å². The monoisotopic (exact) mass is 328 g/mol.